The van der Waals surface area contributed by atoms with E-state index in [-0.39, 0.29) is 35.3 Å². The van der Waals surface area contributed by atoms with Gasteiger partial charge in [0.2, 0.25) is 16.0 Å². The van der Waals surface area contributed by atoms with Crippen molar-refractivity contribution in [2.75, 3.05) is 48.9 Å². The summed E-state index contributed by atoms with van der Waals surface area (Å²) in [5, 5.41) is 0.399. The molecule has 0 unspecified atom stereocenters. The number of nitrogens with two attached hydrogens (primary N) is 2. The first-order valence-corrected chi connectivity index (χ1v) is 14.4. The van der Waals surface area contributed by atoms with Crippen LogP contribution in [0, 0.1) is 12.7 Å². The molecule has 0 spiro atoms. The van der Waals surface area contributed by atoms with Crippen LogP contribution in [0.3, 0.4) is 0 Å². The Hall–Kier alpha value is -4.17. The van der Waals surface area contributed by atoms with Gasteiger partial charge in [-0.1, -0.05) is 12.1 Å². The van der Waals surface area contributed by atoms with Gasteiger partial charge in [0.15, 0.2) is 11.6 Å². The molecule has 11 nitrogen and oxygen atoms in total. The van der Waals surface area contributed by atoms with Crippen LogP contribution in [0.5, 0.6) is 5.75 Å². The molecule has 220 valence electrons. The number of nitrogens with zero attached hydrogens (tertiary/aromatic N) is 4. The molecule has 0 aliphatic rings. The highest BCUT2D eigenvalue weighted by molar-refractivity contribution is 7.92. The average molecular weight is 590 g/mol. The number of hydrogen-bond donors (Lipinski definition) is 3. The summed E-state index contributed by atoms with van der Waals surface area (Å²) in [4.78, 5) is 17.0. The molecule has 4 rings (SSSR count). The third-order valence-electron chi connectivity index (χ3n) is 5.78. The highest BCUT2D eigenvalue weighted by Gasteiger charge is 2.20. The molecular formula is C27H33F2N7O4S. The fraction of sp³-hybridized carbons (Fsp3) is 0.333. The van der Waals surface area contributed by atoms with E-state index in [1.54, 1.807) is 19.1 Å². The Morgan fingerprint density at radius 2 is 1.78 bits per heavy atom. The van der Waals surface area contributed by atoms with Crippen LogP contribution in [0.15, 0.2) is 36.5 Å². The lowest BCUT2D eigenvalue weighted by Gasteiger charge is -2.14. The third-order valence-corrected chi connectivity index (χ3v) is 7.14. The molecule has 41 heavy (non-hydrogen) atoms. The largest absolute Gasteiger partial charge is 0.494 e. The number of nitrogen functional groups attached to an aromatic ring is 2. The van der Waals surface area contributed by atoms with Crippen molar-refractivity contribution < 1.29 is 26.7 Å². The minimum atomic E-state index is -3.92. The molecule has 2 heterocycles. The van der Waals surface area contributed by atoms with E-state index in [1.165, 1.54) is 31.5 Å². The lowest BCUT2D eigenvalue weighted by molar-refractivity contribution is 0.162. The third kappa shape index (κ3) is 7.73. The van der Waals surface area contributed by atoms with Crippen molar-refractivity contribution in [2.24, 2.45) is 0 Å². The molecule has 0 aliphatic carbocycles. The molecule has 2 aromatic carbocycles. The molecule has 5 N–H and O–H groups in total. The highest BCUT2D eigenvalue weighted by atomic mass is 32.2. The molecule has 0 amide bonds. The Bertz CT molecular complexity index is 1620. The maximum Gasteiger partial charge on any atom is 0.232 e. The predicted octanol–water partition coefficient (Wildman–Crippen LogP) is 4.52. The smallest absolute Gasteiger partial charge is 0.232 e. The minimum absolute atomic E-state index is 0.0900. The van der Waals surface area contributed by atoms with Gasteiger partial charge < -0.3 is 20.9 Å². The van der Waals surface area contributed by atoms with Crippen LogP contribution >= 0.6 is 0 Å². The molecular weight excluding hydrogens is 556 g/mol. The van der Waals surface area contributed by atoms with Crippen LogP contribution in [0.2, 0.25) is 0 Å². The van der Waals surface area contributed by atoms with Crippen LogP contribution < -0.4 is 20.9 Å². The molecule has 0 radical (unpaired) electrons. The summed E-state index contributed by atoms with van der Waals surface area (Å²) < 4.78 is 64.6. The van der Waals surface area contributed by atoms with Crippen LogP contribution in [-0.2, 0) is 14.8 Å². The molecule has 14 heteroatoms. The van der Waals surface area contributed by atoms with Gasteiger partial charge in [0, 0.05) is 30.4 Å². The zero-order valence-electron chi connectivity index (χ0n) is 23.2. The number of hydrogen-bond acceptors (Lipinski definition) is 10. The van der Waals surface area contributed by atoms with Gasteiger partial charge in [-0.2, -0.15) is 0 Å². The second-order valence-corrected chi connectivity index (χ2v) is 10.5. The first-order chi connectivity index (χ1) is 19.5. The molecule has 0 aliphatic heterocycles. The van der Waals surface area contributed by atoms with Crippen molar-refractivity contribution in [2.45, 2.75) is 27.2 Å². The van der Waals surface area contributed by atoms with E-state index in [1.807, 2.05) is 13.8 Å². The van der Waals surface area contributed by atoms with Gasteiger partial charge >= 0.3 is 0 Å². The van der Waals surface area contributed by atoms with Gasteiger partial charge in [0.05, 0.1) is 36.5 Å². The number of aromatic nitrogens is 4. The maximum absolute atomic E-state index is 15.4. The molecule has 4 aromatic rings. The summed E-state index contributed by atoms with van der Waals surface area (Å²) in [6, 6.07) is 7.41. The number of alkyl halides is 1. The number of nitrogens with one attached hydrogen (secondary N) is 1. The van der Waals surface area contributed by atoms with Gasteiger partial charge in [0.25, 0.3) is 0 Å². The van der Waals surface area contributed by atoms with Crippen molar-refractivity contribution >= 4 is 38.4 Å². The second-order valence-electron chi connectivity index (χ2n) is 8.65. The molecule has 0 saturated heterocycles. The maximum atomic E-state index is 15.4. The monoisotopic (exact) mass is 589 g/mol. The Kier molecular flexibility index (Phi) is 10.7. The molecule has 0 atom stereocenters. The van der Waals surface area contributed by atoms with Gasteiger partial charge in [-0.3, -0.25) is 9.11 Å². The number of rotatable bonds is 10. The standard InChI is InChI=1S/C23H23F2N7O3S.C4H10O/c1-12-16(11-28-23(27)29-12)22-30-20-15(21(26)31-22)9-13(10-18(20)35-2)14-5-3-6-17(19(14)25)32-36(33,34)8-4-7-24;1-3-5-4-2/h3,5-6,9-11,32H,4,7-8H2,1-2H3,(H2,26,30,31)(H2,27,28,29);3-4H2,1-2H3. The summed E-state index contributed by atoms with van der Waals surface area (Å²) in [7, 11) is -2.49. The van der Waals surface area contributed by atoms with Crippen molar-refractivity contribution in [1.29, 1.82) is 0 Å². The van der Waals surface area contributed by atoms with Gasteiger partial charge in [0.1, 0.15) is 17.1 Å². The molecule has 0 fully saturated rings. The van der Waals surface area contributed by atoms with E-state index in [4.69, 9.17) is 20.9 Å². The van der Waals surface area contributed by atoms with E-state index in [9.17, 15) is 12.8 Å². The number of aryl methyl sites for hydroxylation is 1. The van der Waals surface area contributed by atoms with Crippen LogP contribution in [0.4, 0.5) is 26.2 Å². The predicted molar refractivity (Wildman–Crippen MR) is 156 cm³/mol. The van der Waals surface area contributed by atoms with E-state index < -0.39 is 28.3 Å². The quantitative estimate of drug-likeness (QED) is 0.239. The number of halogens is 2. The van der Waals surface area contributed by atoms with Crippen LogP contribution in [0.25, 0.3) is 33.4 Å². The van der Waals surface area contributed by atoms with Crippen molar-refractivity contribution in [3.8, 4) is 28.3 Å². The number of methoxy groups -OCH3 is 1. The Morgan fingerprint density at radius 3 is 2.39 bits per heavy atom. The Morgan fingerprint density at radius 1 is 1.05 bits per heavy atom. The van der Waals surface area contributed by atoms with Crippen LogP contribution in [-0.4, -0.2) is 61.1 Å². The van der Waals surface area contributed by atoms with E-state index in [0.29, 0.717) is 33.5 Å². The highest BCUT2D eigenvalue weighted by Crippen LogP contribution is 2.37. The number of anilines is 3. The topological polar surface area (TPSA) is 168 Å². The van der Waals surface area contributed by atoms with Crippen molar-refractivity contribution in [3.05, 3.63) is 48.0 Å². The lowest BCUT2D eigenvalue weighted by atomic mass is 10.0. The number of benzene rings is 2. The average Bonchev–Trinajstić information content (AvgIpc) is 2.93. The summed E-state index contributed by atoms with van der Waals surface area (Å²) in [5.41, 5.74) is 13.5. The van der Waals surface area contributed by atoms with Gasteiger partial charge in [-0.25, -0.2) is 32.7 Å². The van der Waals surface area contributed by atoms with E-state index >= 15 is 4.39 Å². The number of ether oxygens (including phenoxy) is 2. The van der Waals surface area contributed by atoms with E-state index in [0.717, 1.165) is 13.2 Å². The lowest BCUT2D eigenvalue weighted by Crippen LogP contribution is -2.18. The first-order valence-electron chi connectivity index (χ1n) is 12.7. The van der Waals surface area contributed by atoms with Crippen molar-refractivity contribution in [3.63, 3.8) is 0 Å². The summed E-state index contributed by atoms with van der Waals surface area (Å²) >= 11 is 0. The molecule has 2 aromatic heterocycles. The zero-order chi connectivity index (χ0) is 30.2. The summed E-state index contributed by atoms with van der Waals surface area (Å²) in [5.74, 6) is -0.504. The number of sulfonamides is 1. The van der Waals surface area contributed by atoms with Gasteiger partial charge in [-0.05, 0) is 51.0 Å². The van der Waals surface area contributed by atoms with Crippen LogP contribution in [0.1, 0.15) is 26.0 Å². The zero-order valence-corrected chi connectivity index (χ0v) is 24.1. The fourth-order valence-corrected chi connectivity index (χ4v) is 4.94. The van der Waals surface area contributed by atoms with Crippen molar-refractivity contribution in [1.82, 2.24) is 19.9 Å². The molecule has 0 saturated carbocycles. The first kappa shape index (κ1) is 31.4. The molecule has 0 bridgehead atoms. The Labute approximate surface area is 237 Å². The summed E-state index contributed by atoms with van der Waals surface area (Å²) in [6.45, 7) is 6.61. The number of fused-ring (bicyclic) bond motifs is 1. The normalized spacial score (nSPS) is 11.2. The fourth-order valence-electron chi connectivity index (χ4n) is 3.86. The van der Waals surface area contributed by atoms with Gasteiger partial charge in [-0.15, -0.1) is 0 Å². The minimum Gasteiger partial charge on any atom is -0.494 e. The summed E-state index contributed by atoms with van der Waals surface area (Å²) in [6.07, 6.45) is 1.30. The SMILES string of the molecule is CCOCC.COc1cc(-c2cccc(NS(=O)(=O)CCCF)c2F)cc2c(N)nc(-c3cnc(N)nc3C)nc12. The second kappa shape index (κ2) is 13.9. The Balaban J connectivity index is 0.000000850. The van der Waals surface area contributed by atoms with E-state index in [2.05, 4.69) is 24.7 Å².